The molecule has 0 spiro atoms. The summed E-state index contributed by atoms with van der Waals surface area (Å²) in [6.45, 7) is 5.37. The number of amides is 2. The highest BCUT2D eigenvalue weighted by atomic mass is 16.5. The van der Waals surface area contributed by atoms with E-state index >= 15 is 0 Å². The maximum atomic E-state index is 14.0. The first-order chi connectivity index (χ1) is 19.7. The number of rotatable bonds is 5. The smallest absolute Gasteiger partial charge is 0.238 e. The lowest BCUT2D eigenvalue weighted by atomic mass is 9.59. The number of Topliss-reactive ketones (excluding diaryl/α,β-unsaturated/α-hetero) is 1. The van der Waals surface area contributed by atoms with Crippen LogP contribution in [0, 0.1) is 17.8 Å². The zero-order valence-corrected chi connectivity index (χ0v) is 23.0. The van der Waals surface area contributed by atoms with Crippen molar-refractivity contribution in [2.75, 3.05) is 19.1 Å². The van der Waals surface area contributed by atoms with Crippen molar-refractivity contribution in [2.24, 2.45) is 17.8 Å². The van der Waals surface area contributed by atoms with Gasteiger partial charge in [0, 0.05) is 40.3 Å². The second-order valence-electron chi connectivity index (χ2n) is 10.8. The van der Waals surface area contributed by atoms with Gasteiger partial charge in [0.2, 0.25) is 11.8 Å². The molecule has 4 atom stereocenters. The number of nitrogens with zero attached hydrogens (tertiary/aromatic N) is 1. The lowest BCUT2D eigenvalue weighted by Gasteiger charge is -2.42. The van der Waals surface area contributed by atoms with Gasteiger partial charge < -0.3 is 14.6 Å². The molecule has 1 aliphatic heterocycles. The van der Waals surface area contributed by atoms with Crippen LogP contribution in [0.1, 0.15) is 36.8 Å². The number of carbonyl (C=O) groups is 4. The molecule has 8 heteroatoms. The SMILES string of the molecule is C=Cc1ccc(N2C(=O)[C@H]3[C@H](CC=C4[C@H](c5c(OC)cc(O)cc5OC)C5=C(C[C@H]43)C(=O)C=C(C)C5=O)C2=O)cc1. The van der Waals surface area contributed by atoms with E-state index in [1.54, 1.807) is 37.3 Å². The summed E-state index contributed by atoms with van der Waals surface area (Å²) < 4.78 is 11.3. The average Bonchev–Trinajstić information content (AvgIpc) is 3.23. The fraction of sp³-hybridized carbons (Fsp3) is 0.273. The highest BCUT2D eigenvalue weighted by Gasteiger charge is 2.57. The van der Waals surface area contributed by atoms with Crippen molar-refractivity contribution in [3.8, 4) is 17.2 Å². The first-order valence-corrected chi connectivity index (χ1v) is 13.5. The van der Waals surface area contributed by atoms with Crippen LogP contribution in [0.25, 0.3) is 6.08 Å². The van der Waals surface area contributed by atoms with E-state index in [0.29, 0.717) is 34.4 Å². The minimum absolute atomic E-state index is 0.0847. The summed E-state index contributed by atoms with van der Waals surface area (Å²) in [6, 6.07) is 9.92. The number of fused-ring (bicyclic) bond motifs is 3. The van der Waals surface area contributed by atoms with Crippen LogP contribution in [0.4, 0.5) is 5.69 Å². The van der Waals surface area contributed by atoms with Crippen molar-refractivity contribution in [2.45, 2.75) is 25.7 Å². The summed E-state index contributed by atoms with van der Waals surface area (Å²) in [5.41, 5.74) is 3.59. The Morgan fingerprint density at radius 3 is 2.24 bits per heavy atom. The molecule has 0 bridgehead atoms. The van der Waals surface area contributed by atoms with Gasteiger partial charge in [-0.25, -0.2) is 0 Å². The predicted octanol–water partition coefficient (Wildman–Crippen LogP) is 4.69. The number of allylic oxidation sites excluding steroid dienone is 6. The van der Waals surface area contributed by atoms with Gasteiger partial charge in [-0.1, -0.05) is 36.4 Å². The molecule has 0 unspecified atom stereocenters. The number of hydrogen-bond acceptors (Lipinski definition) is 7. The molecule has 3 aliphatic carbocycles. The lowest BCUT2D eigenvalue weighted by Crippen LogP contribution is -2.40. The van der Waals surface area contributed by atoms with Gasteiger partial charge in [-0.05, 0) is 49.5 Å². The van der Waals surface area contributed by atoms with Gasteiger partial charge in [-0.15, -0.1) is 0 Å². The van der Waals surface area contributed by atoms with Gasteiger partial charge in [-0.3, -0.25) is 24.1 Å². The molecule has 208 valence electrons. The Labute approximate surface area is 237 Å². The molecular weight excluding hydrogens is 522 g/mol. The molecule has 0 radical (unpaired) electrons. The summed E-state index contributed by atoms with van der Waals surface area (Å²) in [4.78, 5) is 56.0. The molecule has 2 amide bonds. The fourth-order valence-corrected chi connectivity index (χ4v) is 6.92. The van der Waals surface area contributed by atoms with Crippen molar-refractivity contribution >= 4 is 35.1 Å². The maximum Gasteiger partial charge on any atom is 0.238 e. The third kappa shape index (κ3) is 3.89. The quantitative estimate of drug-likeness (QED) is 0.326. The van der Waals surface area contributed by atoms with Crippen LogP contribution in [0.15, 0.2) is 77.4 Å². The molecule has 2 aromatic carbocycles. The molecule has 8 nitrogen and oxygen atoms in total. The van der Waals surface area contributed by atoms with Gasteiger partial charge in [0.15, 0.2) is 11.6 Å². The molecule has 1 fully saturated rings. The van der Waals surface area contributed by atoms with Crippen LogP contribution < -0.4 is 14.4 Å². The lowest BCUT2D eigenvalue weighted by molar-refractivity contribution is -0.123. The summed E-state index contributed by atoms with van der Waals surface area (Å²) in [5, 5.41) is 10.3. The van der Waals surface area contributed by atoms with Gasteiger partial charge in [0.1, 0.15) is 17.2 Å². The molecule has 2 aromatic rings. The predicted molar refractivity (Wildman–Crippen MR) is 152 cm³/mol. The van der Waals surface area contributed by atoms with Crippen molar-refractivity contribution in [3.05, 3.63) is 88.5 Å². The number of aromatic hydroxyl groups is 1. The number of phenolic OH excluding ortho intramolecular Hbond substituents is 1. The van der Waals surface area contributed by atoms with Crippen LogP contribution >= 0.6 is 0 Å². The molecule has 1 heterocycles. The first kappa shape index (κ1) is 26.5. The standard InChI is InChI=1S/C33H29NO7/c1-5-17-6-8-18(9-7-17)34-32(38)21-11-10-20-22(27(21)33(34)39)15-23-24(36)12-16(2)31(37)29(23)28(20)30-25(40-3)13-19(35)14-26(30)41-4/h5-10,12-14,21-22,27-28,35H,1,11,15H2,2-4H3/t21-,22+,27-,28-/m0/s1. The number of ketones is 2. The van der Waals surface area contributed by atoms with E-state index in [1.165, 1.54) is 37.3 Å². The average molecular weight is 552 g/mol. The summed E-state index contributed by atoms with van der Waals surface area (Å²) >= 11 is 0. The molecule has 41 heavy (non-hydrogen) atoms. The van der Waals surface area contributed by atoms with Gasteiger partial charge in [0.25, 0.3) is 0 Å². The van der Waals surface area contributed by atoms with Crippen molar-refractivity contribution in [1.29, 1.82) is 0 Å². The zero-order valence-electron chi connectivity index (χ0n) is 23.0. The Bertz CT molecular complexity index is 1620. The Hall–Kier alpha value is -4.72. The van der Waals surface area contributed by atoms with Crippen LogP contribution in [-0.4, -0.2) is 42.7 Å². The molecule has 1 saturated heterocycles. The second-order valence-corrected chi connectivity index (χ2v) is 10.8. The van der Waals surface area contributed by atoms with E-state index in [9.17, 15) is 24.3 Å². The van der Waals surface area contributed by atoms with E-state index in [-0.39, 0.29) is 47.1 Å². The highest BCUT2D eigenvalue weighted by Crippen LogP contribution is 2.58. The number of phenols is 1. The molecule has 0 aromatic heterocycles. The van der Waals surface area contributed by atoms with Crippen molar-refractivity contribution in [3.63, 3.8) is 0 Å². The third-order valence-electron chi connectivity index (χ3n) is 8.77. The molecule has 1 N–H and O–H groups in total. The van der Waals surface area contributed by atoms with E-state index in [1.807, 2.05) is 6.08 Å². The molecular formula is C33H29NO7. The van der Waals surface area contributed by atoms with Crippen molar-refractivity contribution in [1.82, 2.24) is 0 Å². The third-order valence-corrected chi connectivity index (χ3v) is 8.77. The zero-order chi connectivity index (χ0) is 29.2. The van der Waals surface area contributed by atoms with E-state index in [4.69, 9.17) is 9.47 Å². The Balaban J connectivity index is 1.52. The summed E-state index contributed by atoms with van der Waals surface area (Å²) in [5.74, 6) is -3.23. The summed E-state index contributed by atoms with van der Waals surface area (Å²) in [6.07, 6.45) is 5.44. The van der Waals surface area contributed by atoms with Crippen LogP contribution in [-0.2, 0) is 19.2 Å². The first-order valence-electron chi connectivity index (χ1n) is 13.5. The van der Waals surface area contributed by atoms with E-state index in [0.717, 1.165) is 11.1 Å². The Morgan fingerprint density at radius 2 is 1.63 bits per heavy atom. The number of benzene rings is 2. The fourth-order valence-electron chi connectivity index (χ4n) is 6.92. The highest BCUT2D eigenvalue weighted by molar-refractivity contribution is 6.25. The Kier molecular flexibility index (Phi) is 6.29. The minimum atomic E-state index is -0.765. The number of ether oxygens (including phenoxy) is 2. The van der Waals surface area contributed by atoms with Gasteiger partial charge in [0.05, 0.1) is 31.7 Å². The number of hydrogen-bond donors (Lipinski definition) is 1. The van der Waals surface area contributed by atoms with Crippen molar-refractivity contribution < 1.29 is 33.8 Å². The number of imide groups is 1. The van der Waals surface area contributed by atoms with Crippen LogP contribution in [0.3, 0.4) is 0 Å². The number of anilines is 1. The molecule has 6 rings (SSSR count). The topological polar surface area (TPSA) is 110 Å². The number of carbonyl (C=O) groups excluding carboxylic acids is 4. The van der Waals surface area contributed by atoms with E-state index < -0.39 is 23.7 Å². The molecule has 0 saturated carbocycles. The monoisotopic (exact) mass is 551 g/mol. The van der Waals surface area contributed by atoms with Crippen LogP contribution in [0.5, 0.6) is 17.2 Å². The summed E-state index contributed by atoms with van der Waals surface area (Å²) in [7, 11) is 2.90. The largest absolute Gasteiger partial charge is 0.508 e. The Morgan fingerprint density at radius 1 is 0.976 bits per heavy atom. The van der Waals surface area contributed by atoms with Gasteiger partial charge in [-0.2, -0.15) is 0 Å². The normalized spacial score (nSPS) is 25.3. The number of methoxy groups -OCH3 is 2. The van der Waals surface area contributed by atoms with Gasteiger partial charge >= 0.3 is 0 Å². The van der Waals surface area contributed by atoms with Crippen LogP contribution in [0.2, 0.25) is 0 Å². The maximum absolute atomic E-state index is 14.0. The molecule has 4 aliphatic rings. The second kappa shape index (κ2) is 9.73. The van der Waals surface area contributed by atoms with E-state index in [2.05, 4.69) is 6.58 Å². The minimum Gasteiger partial charge on any atom is -0.508 e.